The van der Waals surface area contributed by atoms with E-state index < -0.39 is 5.91 Å². The zero-order chi connectivity index (χ0) is 19.6. The number of amides is 1. The summed E-state index contributed by atoms with van der Waals surface area (Å²) in [6.07, 6.45) is 3.84. The van der Waals surface area contributed by atoms with E-state index in [0.717, 1.165) is 40.6 Å². The molecule has 1 heterocycles. The minimum absolute atomic E-state index is 0.0870. The molecule has 1 aromatic heterocycles. The van der Waals surface area contributed by atoms with Crippen molar-refractivity contribution in [3.8, 4) is 6.07 Å². The Hall–Kier alpha value is -1.56. The van der Waals surface area contributed by atoms with Crippen molar-refractivity contribution >= 4 is 75.0 Å². The molecule has 2 N–H and O–H groups in total. The van der Waals surface area contributed by atoms with Gasteiger partial charge in [-0.2, -0.15) is 5.26 Å². The second kappa shape index (κ2) is 8.63. The summed E-state index contributed by atoms with van der Waals surface area (Å²) >= 11 is 23.8. The molecule has 138 valence electrons. The second-order valence-corrected chi connectivity index (χ2v) is 8.82. The molecule has 0 atom stereocenters. The third-order valence-corrected chi connectivity index (χ3v) is 6.57. The van der Waals surface area contributed by atoms with Crippen LogP contribution >= 0.6 is 59.0 Å². The van der Waals surface area contributed by atoms with Crippen LogP contribution in [0.3, 0.4) is 0 Å². The zero-order valence-electron chi connectivity index (χ0n) is 13.9. The highest BCUT2D eigenvalue weighted by atomic mass is 35.5. The lowest BCUT2D eigenvalue weighted by molar-refractivity contribution is 0.0977. The Morgan fingerprint density at radius 3 is 2.56 bits per heavy atom. The van der Waals surface area contributed by atoms with Crippen molar-refractivity contribution in [1.82, 2.24) is 5.32 Å². The Morgan fingerprint density at radius 1 is 1.19 bits per heavy atom. The number of thiocarbonyl (C=S) groups is 1. The Kier molecular flexibility index (Phi) is 6.45. The smallest absolute Gasteiger partial charge is 0.257 e. The molecule has 0 saturated carbocycles. The van der Waals surface area contributed by atoms with E-state index in [1.807, 2.05) is 0 Å². The highest BCUT2D eigenvalue weighted by Gasteiger charge is 2.20. The highest BCUT2D eigenvalue weighted by molar-refractivity contribution is 7.80. The maximum Gasteiger partial charge on any atom is 0.257 e. The second-order valence-electron chi connectivity index (χ2n) is 5.91. The molecule has 9 heteroatoms. The van der Waals surface area contributed by atoms with Crippen molar-refractivity contribution < 1.29 is 4.79 Å². The van der Waals surface area contributed by atoms with E-state index in [4.69, 9.17) is 47.6 Å². The first-order chi connectivity index (χ1) is 12.9. The van der Waals surface area contributed by atoms with Crippen molar-refractivity contribution in [3.63, 3.8) is 0 Å². The quantitative estimate of drug-likeness (QED) is 0.573. The minimum atomic E-state index is -0.425. The number of anilines is 1. The number of hydrogen-bond donors (Lipinski definition) is 2. The van der Waals surface area contributed by atoms with Crippen LogP contribution in [0.25, 0.3) is 0 Å². The first kappa shape index (κ1) is 20.2. The van der Waals surface area contributed by atoms with E-state index in [1.54, 1.807) is 6.07 Å². The molecule has 27 heavy (non-hydrogen) atoms. The van der Waals surface area contributed by atoms with Gasteiger partial charge >= 0.3 is 0 Å². The standard InChI is InChI=1S/C18H13Cl2N3OS3/c19-13-6-5-9(7-14(13)20)15(24)22-18(26)23-16-12(8-21)10-3-1-2-4-11(10)17(25)27-16/h5-7H,1-4H2,(H2,22,23,24,26). The number of halogens is 2. The van der Waals surface area contributed by atoms with Gasteiger partial charge in [-0.15, -0.1) is 11.3 Å². The van der Waals surface area contributed by atoms with Crippen molar-refractivity contribution in [2.75, 3.05) is 5.32 Å². The van der Waals surface area contributed by atoms with Crippen LogP contribution in [0, 0.1) is 15.2 Å². The van der Waals surface area contributed by atoms with Crippen LogP contribution in [0.15, 0.2) is 18.2 Å². The van der Waals surface area contributed by atoms with Crippen LogP contribution in [-0.4, -0.2) is 11.0 Å². The highest BCUT2D eigenvalue weighted by Crippen LogP contribution is 2.34. The number of hydrogen-bond acceptors (Lipinski definition) is 5. The molecule has 1 aromatic carbocycles. The van der Waals surface area contributed by atoms with Gasteiger partial charge in [-0.25, -0.2) is 0 Å². The van der Waals surface area contributed by atoms with Crippen molar-refractivity contribution in [1.29, 1.82) is 5.26 Å². The SMILES string of the molecule is N#Cc1c(NC(=S)NC(=O)c2ccc(Cl)c(Cl)c2)sc(=S)c2c1CCCC2. The van der Waals surface area contributed by atoms with Gasteiger partial charge in [0, 0.05) is 5.56 Å². The van der Waals surface area contributed by atoms with Crippen LogP contribution in [0.2, 0.25) is 10.0 Å². The zero-order valence-corrected chi connectivity index (χ0v) is 17.9. The normalized spacial score (nSPS) is 12.6. The summed E-state index contributed by atoms with van der Waals surface area (Å²) in [4.78, 5) is 12.3. The molecule has 0 bridgehead atoms. The predicted molar refractivity (Wildman–Crippen MR) is 117 cm³/mol. The van der Waals surface area contributed by atoms with Gasteiger partial charge in [-0.05, 0) is 67.2 Å². The van der Waals surface area contributed by atoms with Crippen molar-refractivity contribution in [2.45, 2.75) is 25.7 Å². The molecule has 1 aliphatic rings. The van der Waals surface area contributed by atoms with Gasteiger partial charge in [0.2, 0.25) is 0 Å². The van der Waals surface area contributed by atoms with E-state index in [0.29, 0.717) is 21.2 Å². The summed E-state index contributed by atoms with van der Waals surface area (Å²) in [6.45, 7) is 0. The number of carbonyl (C=O) groups excluding carboxylic acids is 1. The fourth-order valence-corrected chi connectivity index (χ4v) is 4.89. The van der Waals surface area contributed by atoms with E-state index in [2.05, 4.69) is 16.7 Å². The van der Waals surface area contributed by atoms with Crippen LogP contribution < -0.4 is 10.6 Å². The van der Waals surface area contributed by atoms with Gasteiger partial charge in [-0.3, -0.25) is 10.1 Å². The molecule has 0 spiro atoms. The van der Waals surface area contributed by atoms with Gasteiger partial charge in [0.05, 0.1) is 19.4 Å². The lowest BCUT2D eigenvalue weighted by atomic mass is 9.91. The van der Waals surface area contributed by atoms with E-state index >= 15 is 0 Å². The van der Waals surface area contributed by atoms with Crippen molar-refractivity contribution in [3.05, 3.63) is 54.3 Å². The summed E-state index contributed by atoms with van der Waals surface area (Å²) in [5.74, 6) is -0.425. The predicted octanol–water partition coefficient (Wildman–Crippen LogP) is 5.66. The summed E-state index contributed by atoms with van der Waals surface area (Å²) in [5, 5.41) is 16.4. The van der Waals surface area contributed by atoms with Gasteiger partial charge < -0.3 is 5.32 Å². The number of nitrogens with zero attached hydrogens (tertiary/aromatic N) is 1. The van der Waals surface area contributed by atoms with Crippen LogP contribution in [0.4, 0.5) is 5.00 Å². The number of rotatable bonds is 2. The summed E-state index contributed by atoms with van der Waals surface area (Å²) < 4.78 is 0.754. The number of benzene rings is 1. The average Bonchev–Trinajstić information content (AvgIpc) is 2.64. The summed E-state index contributed by atoms with van der Waals surface area (Å²) in [6, 6.07) is 6.81. The largest absolute Gasteiger partial charge is 0.323 e. The first-order valence-electron chi connectivity index (χ1n) is 8.07. The molecule has 0 aliphatic heterocycles. The molecular formula is C18H13Cl2N3OS3. The van der Waals surface area contributed by atoms with E-state index in [1.165, 1.54) is 23.5 Å². The molecule has 0 fully saturated rings. The molecule has 4 nitrogen and oxygen atoms in total. The van der Waals surface area contributed by atoms with E-state index in [9.17, 15) is 10.1 Å². The fourth-order valence-electron chi connectivity index (χ4n) is 2.90. The maximum absolute atomic E-state index is 12.3. The lowest BCUT2D eigenvalue weighted by Crippen LogP contribution is -2.34. The fraction of sp³-hybridized carbons (Fsp3) is 0.222. The summed E-state index contributed by atoms with van der Waals surface area (Å²) in [5.41, 5.74) is 2.96. The van der Waals surface area contributed by atoms with E-state index in [-0.39, 0.29) is 10.1 Å². The molecule has 1 aliphatic carbocycles. The Bertz CT molecular complexity index is 1040. The number of fused-ring (bicyclic) bond motifs is 1. The third-order valence-electron chi connectivity index (χ3n) is 4.19. The Labute approximate surface area is 181 Å². The monoisotopic (exact) mass is 453 g/mol. The van der Waals surface area contributed by atoms with Crippen LogP contribution in [0.5, 0.6) is 0 Å². The molecule has 1 amide bonds. The molecule has 0 radical (unpaired) electrons. The molecule has 0 unspecified atom stereocenters. The average molecular weight is 454 g/mol. The third kappa shape index (κ3) is 4.48. The summed E-state index contributed by atoms with van der Waals surface area (Å²) in [7, 11) is 0. The van der Waals surface area contributed by atoms with Gasteiger partial charge in [0.1, 0.15) is 11.1 Å². The Balaban J connectivity index is 1.81. The number of carbonyl (C=O) groups is 1. The van der Waals surface area contributed by atoms with Gasteiger partial charge in [0.15, 0.2) is 5.11 Å². The molecule has 3 rings (SSSR count). The number of nitriles is 1. The van der Waals surface area contributed by atoms with Crippen LogP contribution in [0.1, 0.15) is 39.9 Å². The van der Waals surface area contributed by atoms with Crippen LogP contribution in [-0.2, 0) is 12.8 Å². The van der Waals surface area contributed by atoms with Gasteiger partial charge in [-0.1, -0.05) is 35.4 Å². The topological polar surface area (TPSA) is 64.9 Å². The number of nitrogens with one attached hydrogen (secondary N) is 2. The molecular weight excluding hydrogens is 441 g/mol. The van der Waals surface area contributed by atoms with Gasteiger partial charge in [0.25, 0.3) is 5.91 Å². The molecule has 0 saturated heterocycles. The molecule has 2 aromatic rings. The minimum Gasteiger partial charge on any atom is -0.323 e. The maximum atomic E-state index is 12.3. The van der Waals surface area contributed by atoms with Crippen molar-refractivity contribution in [2.24, 2.45) is 0 Å². The first-order valence-corrected chi connectivity index (χ1v) is 10.5. The lowest BCUT2D eigenvalue weighted by Gasteiger charge is -2.19. The Morgan fingerprint density at radius 2 is 1.89 bits per heavy atom.